The van der Waals surface area contributed by atoms with Gasteiger partial charge in [-0.05, 0) is 64.5 Å². The number of rotatable bonds is 7. The quantitative estimate of drug-likeness (QED) is 0.766. The van der Waals surface area contributed by atoms with Crippen LogP contribution in [0.1, 0.15) is 45.4 Å². The Labute approximate surface area is 122 Å². The molecule has 0 aromatic carbocycles. The van der Waals surface area contributed by atoms with Gasteiger partial charge in [0, 0.05) is 25.2 Å². The van der Waals surface area contributed by atoms with Crippen LogP contribution in [0.15, 0.2) is 0 Å². The summed E-state index contributed by atoms with van der Waals surface area (Å²) in [6, 6.07) is 1.36. The van der Waals surface area contributed by atoms with Gasteiger partial charge < -0.3 is 10.2 Å². The number of likely N-dealkylation sites (tertiary alicyclic amines) is 1. The predicted molar refractivity (Wildman–Crippen MR) is 80.6 cm³/mol. The Bertz CT molecular complexity index is 339. The molecule has 2 aliphatic carbocycles. The van der Waals surface area contributed by atoms with E-state index in [1.165, 1.54) is 38.5 Å². The molecule has 3 rings (SSSR count). The molecule has 4 heteroatoms. The third-order valence-electron chi connectivity index (χ3n) is 4.88. The summed E-state index contributed by atoms with van der Waals surface area (Å²) in [6.45, 7) is 6.99. The minimum atomic E-state index is 0.353. The Morgan fingerprint density at radius 1 is 1.25 bits per heavy atom. The van der Waals surface area contributed by atoms with Gasteiger partial charge in [0.05, 0.1) is 6.54 Å². The molecule has 20 heavy (non-hydrogen) atoms. The van der Waals surface area contributed by atoms with Crippen LogP contribution in [0, 0.1) is 5.92 Å². The van der Waals surface area contributed by atoms with E-state index in [1.54, 1.807) is 0 Å². The lowest BCUT2D eigenvalue weighted by Gasteiger charge is -2.34. The molecule has 0 spiro atoms. The maximum Gasteiger partial charge on any atom is 0.236 e. The molecule has 3 fully saturated rings. The van der Waals surface area contributed by atoms with Crippen molar-refractivity contribution in [3.8, 4) is 0 Å². The first-order chi connectivity index (χ1) is 9.76. The summed E-state index contributed by atoms with van der Waals surface area (Å²) in [7, 11) is 0. The Balaban J connectivity index is 1.42. The molecule has 0 radical (unpaired) electrons. The Morgan fingerprint density at radius 2 is 2.05 bits per heavy atom. The van der Waals surface area contributed by atoms with E-state index < -0.39 is 0 Å². The van der Waals surface area contributed by atoms with Gasteiger partial charge in [-0.25, -0.2) is 0 Å². The molecule has 0 aromatic heterocycles. The molecule has 114 valence electrons. The van der Waals surface area contributed by atoms with Gasteiger partial charge in [0.1, 0.15) is 0 Å². The lowest BCUT2D eigenvalue weighted by Crippen LogP contribution is -2.46. The molecular weight excluding hydrogens is 250 g/mol. The number of carbonyl (C=O) groups is 1. The van der Waals surface area contributed by atoms with E-state index in [0.717, 1.165) is 38.1 Å². The zero-order valence-electron chi connectivity index (χ0n) is 12.8. The van der Waals surface area contributed by atoms with Gasteiger partial charge in [-0.1, -0.05) is 0 Å². The topological polar surface area (TPSA) is 35.6 Å². The smallest absolute Gasteiger partial charge is 0.236 e. The molecule has 3 aliphatic rings. The highest BCUT2D eigenvalue weighted by Crippen LogP contribution is 2.27. The molecule has 4 nitrogen and oxygen atoms in total. The maximum atomic E-state index is 12.4. The van der Waals surface area contributed by atoms with Crippen molar-refractivity contribution in [2.45, 2.75) is 57.5 Å². The van der Waals surface area contributed by atoms with Crippen molar-refractivity contribution >= 4 is 5.91 Å². The van der Waals surface area contributed by atoms with Crippen molar-refractivity contribution in [1.82, 2.24) is 15.1 Å². The van der Waals surface area contributed by atoms with E-state index in [0.29, 0.717) is 18.5 Å². The zero-order valence-corrected chi connectivity index (χ0v) is 12.8. The van der Waals surface area contributed by atoms with Crippen LogP contribution in [0.3, 0.4) is 0 Å². The fraction of sp³-hybridized carbons (Fsp3) is 0.938. The van der Waals surface area contributed by atoms with Crippen molar-refractivity contribution < 1.29 is 4.79 Å². The lowest BCUT2D eigenvalue weighted by atomic mass is 9.98. The molecule has 1 heterocycles. The normalized spacial score (nSPS) is 27.6. The lowest BCUT2D eigenvalue weighted by molar-refractivity contribution is -0.133. The minimum absolute atomic E-state index is 0.353. The van der Waals surface area contributed by atoms with Crippen molar-refractivity contribution in [2.75, 3.05) is 32.7 Å². The van der Waals surface area contributed by atoms with Crippen LogP contribution in [0.25, 0.3) is 0 Å². The number of hydrogen-bond donors (Lipinski definition) is 1. The van der Waals surface area contributed by atoms with Crippen LogP contribution in [-0.4, -0.2) is 60.5 Å². The van der Waals surface area contributed by atoms with E-state index in [4.69, 9.17) is 0 Å². The molecule has 0 bridgehead atoms. The third kappa shape index (κ3) is 3.95. The highest BCUT2D eigenvalue weighted by atomic mass is 16.2. The summed E-state index contributed by atoms with van der Waals surface area (Å²) in [5.74, 6) is 1.10. The SMILES string of the molecule is CCN(C(=O)CN1CCCC(CNC2CC2)C1)C1CC1. The highest BCUT2D eigenvalue weighted by Gasteiger charge is 2.32. The zero-order chi connectivity index (χ0) is 13.9. The third-order valence-corrected chi connectivity index (χ3v) is 4.88. The summed E-state index contributed by atoms with van der Waals surface area (Å²) in [6.07, 6.45) is 7.73. The van der Waals surface area contributed by atoms with Gasteiger partial charge in [-0.2, -0.15) is 0 Å². The van der Waals surface area contributed by atoms with E-state index in [9.17, 15) is 4.79 Å². The summed E-state index contributed by atoms with van der Waals surface area (Å²) in [5, 5.41) is 3.64. The average molecular weight is 279 g/mol. The van der Waals surface area contributed by atoms with E-state index in [1.807, 2.05) is 0 Å². The van der Waals surface area contributed by atoms with Gasteiger partial charge >= 0.3 is 0 Å². The molecule has 0 aromatic rings. The van der Waals surface area contributed by atoms with Crippen LogP contribution in [0.2, 0.25) is 0 Å². The monoisotopic (exact) mass is 279 g/mol. The van der Waals surface area contributed by atoms with Crippen molar-refractivity contribution in [2.24, 2.45) is 5.92 Å². The molecule has 2 saturated carbocycles. The van der Waals surface area contributed by atoms with Crippen LogP contribution >= 0.6 is 0 Å². The molecule has 1 amide bonds. The highest BCUT2D eigenvalue weighted by molar-refractivity contribution is 5.78. The van der Waals surface area contributed by atoms with Crippen LogP contribution < -0.4 is 5.32 Å². The molecule has 1 N–H and O–H groups in total. The van der Waals surface area contributed by atoms with Gasteiger partial charge in [0.25, 0.3) is 0 Å². The van der Waals surface area contributed by atoms with Crippen molar-refractivity contribution in [1.29, 1.82) is 0 Å². The number of nitrogens with one attached hydrogen (secondary N) is 1. The Morgan fingerprint density at radius 3 is 2.70 bits per heavy atom. The van der Waals surface area contributed by atoms with E-state index in [-0.39, 0.29) is 0 Å². The average Bonchev–Trinajstić information content (AvgIpc) is 3.31. The largest absolute Gasteiger partial charge is 0.339 e. The second-order valence-electron chi connectivity index (χ2n) is 6.84. The van der Waals surface area contributed by atoms with Gasteiger partial charge in [-0.3, -0.25) is 9.69 Å². The first-order valence-corrected chi connectivity index (χ1v) is 8.51. The maximum absolute atomic E-state index is 12.4. The number of carbonyl (C=O) groups excluding carboxylic acids is 1. The molecule has 1 aliphatic heterocycles. The number of nitrogens with zero attached hydrogens (tertiary/aromatic N) is 2. The number of likely N-dealkylation sites (N-methyl/N-ethyl adjacent to an activating group) is 1. The first kappa shape index (κ1) is 14.3. The number of amides is 1. The molecular formula is C16H29N3O. The number of hydrogen-bond acceptors (Lipinski definition) is 3. The van der Waals surface area contributed by atoms with Crippen LogP contribution in [-0.2, 0) is 4.79 Å². The molecule has 1 unspecified atom stereocenters. The molecule has 1 saturated heterocycles. The van der Waals surface area contributed by atoms with E-state index >= 15 is 0 Å². The number of piperidine rings is 1. The van der Waals surface area contributed by atoms with Gasteiger partial charge in [-0.15, -0.1) is 0 Å². The fourth-order valence-electron chi connectivity index (χ4n) is 3.39. The minimum Gasteiger partial charge on any atom is -0.339 e. The van der Waals surface area contributed by atoms with Crippen molar-refractivity contribution in [3.63, 3.8) is 0 Å². The standard InChI is InChI=1S/C16H29N3O/c1-2-19(15-7-8-15)16(20)12-18-9-3-4-13(11-18)10-17-14-5-6-14/h13-15,17H,2-12H2,1H3. The van der Waals surface area contributed by atoms with Crippen LogP contribution in [0.4, 0.5) is 0 Å². The fourth-order valence-corrected chi connectivity index (χ4v) is 3.39. The predicted octanol–water partition coefficient (Wildman–Crippen LogP) is 1.46. The van der Waals surface area contributed by atoms with Gasteiger partial charge in [0.2, 0.25) is 5.91 Å². The van der Waals surface area contributed by atoms with Gasteiger partial charge in [0.15, 0.2) is 0 Å². The summed E-state index contributed by atoms with van der Waals surface area (Å²) in [4.78, 5) is 16.8. The van der Waals surface area contributed by atoms with Crippen molar-refractivity contribution in [3.05, 3.63) is 0 Å². The second kappa shape index (κ2) is 6.44. The summed E-state index contributed by atoms with van der Waals surface area (Å²) >= 11 is 0. The molecule has 1 atom stereocenters. The van der Waals surface area contributed by atoms with Crippen LogP contribution in [0.5, 0.6) is 0 Å². The Hall–Kier alpha value is -0.610. The first-order valence-electron chi connectivity index (χ1n) is 8.51. The second-order valence-corrected chi connectivity index (χ2v) is 6.84. The summed E-state index contributed by atoms with van der Waals surface area (Å²) in [5.41, 5.74) is 0. The summed E-state index contributed by atoms with van der Waals surface area (Å²) < 4.78 is 0. The van der Waals surface area contributed by atoms with E-state index in [2.05, 4.69) is 22.0 Å². The Kier molecular flexibility index (Phi) is 4.61.